The van der Waals surface area contributed by atoms with Crippen molar-refractivity contribution in [1.29, 1.82) is 0 Å². The average Bonchev–Trinajstić information content (AvgIpc) is 3.34. The van der Waals surface area contributed by atoms with Gasteiger partial charge >= 0.3 is 0 Å². The highest BCUT2D eigenvalue weighted by Gasteiger charge is 2.39. The molecule has 14 heteroatoms. The Hall–Kier alpha value is -4.30. The quantitative estimate of drug-likeness (QED) is 0.0465. The van der Waals surface area contributed by atoms with Gasteiger partial charge in [0.25, 0.3) is 23.6 Å². The van der Waals surface area contributed by atoms with Crippen LogP contribution in [0.3, 0.4) is 0 Å². The summed E-state index contributed by atoms with van der Waals surface area (Å²) in [5.41, 5.74) is 4.11. The molecule has 5 aromatic carbocycles. The number of imide groups is 2. The van der Waals surface area contributed by atoms with Crippen LogP contribution in [0.25, 0.3) is 43.1 Å². The van der Waals surface area contributed by atoms with Gasteiger partial charge in [0, 0.05) is 94.1 Å². The van der Waals surface area contributed by atoms with Crippen molar-refractivity contribution in [3.8, 4) is 0 Å². The van der Waals surface area contributed by atoms with E-state index in [0.717, 1.165) is 148 Å². The van der Waals surface area contributed by atoms with E-state index < -0.39 is 0 Å². The molecule has 0 N–H and O–H groups in total. The molecule has 66 heavy (non-hydrogen) atoms. The molecule has 0 spiro atoms. The van der Waals surface area contributed by atoms with Gasteiger partial charge in [0.15, 0.2) is 0 Å². The van der Waals surface area contributed by atoms with Crippen molar-refractivity contribution in [3.63, 3.8) is 0 Å². The molecule has 4 amide bonds. The second kappa shape index (κ2) is 20.1. The van der Waals surface area contributed by atoms with E-state index >= 15 is 0 Å². The number of benzene rings is 5. The third-order valence-corrected chi connectivity index (χ3v) is 15.3. The minimum Gasteiger partial charge on any atom is -0.378 e. The van der Waals surface area contributed by atoms with E-state index in [4.69, 9.17) is 9.47 Å². The van der Waals surface area contributed by atoms with Crippen LogP contribution in [-0.2, 0) is 9.47 Å². The van der Waals surface area contributed by atoms with Crippen molar-refractivity contribution in [2.24, 2.45) is 0 Å². The molecule has 6 aliphatic rings. The molecule has 0 saturated carbocycles. The molecule has 5 aromatic rings. The topological polar surface area (TPSA) is 106 Å². The average molecular weight is 940 g/mol. The van der Waals surface area contributed by atoms with E-state index in [2.05, 4.69) is 31.7 Å². The molecular formula is C52H64Cl2N6O6. The molecule has 0 radical (unpaired) electrons. The number of anilines is 2. The van der Waals surface area contributed by atoms with Crippen LogP contribution in [-0.4, -0.2) is 148 Å². The van der Waals surface area contributed by atoms with Crippen molar-refractivity contribution in [1.82, 2.24) is 19.6 Å². The second-order valence-corrected chi connectivity index (χ2v) is 19.1. The van der Waals surface area contributed by atoms with E-state index in [1.54, 1.807) is 0 Å². The zero-order valence-electron chi connectivity index (χ0n) is 38.2. The molecule has 0 bridgehead atoms. The molecular weight excluding hydrogens is 876 g/mol. The Labute approximate surface area is 400 Å². The molecule has 4 fully saturated rings. The van der Waals surface area contributed by atoms with Crippen LogP contribution < -0.4 is 9.80 Å². The summed E-state index contributed by atoms with van der Waals surface area (Å²) in [4.78, 5) is 71.1. The highest BCUT2D eigenvalue weighted by molar-refractivity contribution is 6.44. The van der Waals surface area contributed by atoms with Crippen molar-refractivity contribution in [2.75, 3.05) is 115 Å². The van der Waals surface area contributed by atoms with Gasteiger partial charge in [-0.15, -0.1) is 24.8 Å². The van der Waals surface area contributed by atoms with E-state index in [1.165, 1.54) is 48.3 Å². The zero-order chi connectivity index (χ0) is 43.3. The summed E-state index contributed by atoms with van der Waals surface area (Å²) >= 11 is 0. The minimum atomic E-state index is -0.292. The first kappa shape index (κ1) is 46.8. The third-order valence-electron chi connectivity index (χ3n) is 15.3. The molecule has 352 valence electrons. The Morgan fingerprint density at radius 2 is 0.697 bits per heavy atom. The van der Waals surface area contributed by atoms with Crippen molar-refractivity contribution < 1.29 is 28.7 Å². The van der Waals surface area contributed by atoms with Gasteiger partial charge in [0.1, 0.15) is 0 Å². The Bertz CT molecular complexity index is 2450. The van der Waals surface area contributed by atoms with E-state index in [0.29, 0.717) is 59.5 Å². The van der Waals surface area contributed by atoms with Crippen LogP contribution in [0, 0.1) is 0 Å². The number of rotatable bonds is 14. The van der Waals surface area contributed by atoms with Gasteiger partial charge in [-0.3, -0.25) is 29.0 Å². The predicted octanol–water partition coefficient (Wildman–Crippen LogP) is 8.76. The van der Waals surface area contributed by atoms with Crippen LogP contribution in [0.4, 0.5) is 11.4 Å². The lowest BCUT2D eigenvalue weighted by Crippen LogP contribution is -2.43. The van der Waals surface area contributed by atoms with Crippen LogP contribution in [0.15, 0.2) is 36.4 Å². The Morgan fingerprint density at radius 1 is 0.364 bits per heavy atom. The minimum absolute atomic E-state index is 0. The first-order chi connectivity index (χ1) is 31.5. The van der Waals surface area contributed by atoms with Gasteiger partial charge in [0.2, 0.25) is 0 Å². The van der Waals surface area contributed by atoms with Crippen molar-refractivity contribution >= 4 is 103 Å². The number of fused-ring (bicyclic) bond motifs is 2. The highest BCUT2D eigenvalue weighted by atomic mass is 35.5. The van der Waals surface area contributed by atoms with Gasteiger partial charge < -0.3 is 29.1 Å². The van der Waals surface area contributed by atoms with Crippen LogP contribution in [0.2, 0.25) is 0 Å². The van der Waals surface area contributed by atoms with Crippen LogP contribution in [0.5, 0.6) is 0 Å². The Morgan fingerprint density at radius 3 is 1.08 bits per heavy atom. The normalized spacial score (nSPS) is 19.8. The van der Waals surface area contributed by atoms with Crippen molar-refractivity contribution in [2.45, 2.75) is 77.0 Å². The number of ether oxygens (including phenoxy) is 2. The van der Waals surface area contributed by atoms with Crippen LogP contribution in [0.1, 0.15) is 118 Å². The maximum atomic E-state index is 14.8. The number of carbonyl (C=O) groups is 4. The number of hydrogen-bond acceptors (Lipinski definition) is 10. The summed E-state index contributed by atoms with van der Waals surface area (Å²) in [7, 11) is 0. The second-order valence-electron chi connectivity index (χ2n) is 19.1. The fourth-order valence-electron chi connectivity index (χ4n) is 12.0. The highest BCUT2D eigenvalue weighted by Crippen LogP contribution is 2.52. The number of halogens is 2. The molecule has 0 atom stereocenters. The van der Waals surface area contributed by atoms with Gasteiger partial charge in [-0.1, -0.05) is 25.0 Å². The molecule has 0 aliphatic carbocycles. The monoisotopic (exact) mass is 938 g/mol. The predicted molar refractivity (Wildman–Crippen MR) is 267 cm³/mol. The number of hydrogen-bond donors (Lipinski definition) is 0. The lowest BCUT2D eigenvalue weighted by atomic mass is 9.80. The first-order valence-corrected chi connectivity index (χ1v) is 24.6. The summed E-state index contributed by atoms with van der Waals surface area (Å²) in [6.45, 7) is 11.6. The summed E-state index contributed by atoms with van der Waals surface area (Å²) in [6.07, 6.45) is 13.9. The van der Waals surface area contributed by atoms with E-state index in [9.17, 15) is 19.2 Å². The smallest absolute Gasteiger partial charge is 0.261 e. The first-order valence-electron chi connectivity index (χ1n) is 24.6. The third kappa shape index (κ3) is 8.27. The molecule has 11 rings (SSSR count). The number of amides is 4. The molecule has 6 aliphatic heterocycles. The number of piperidine rings is 4. The number of carbonyl (C=O) groups excluding carboxylic acids is 4. The van der Waals surface area contributed by atoms with Gasteiger partial charge in [0.05, 0.1) is 50.6 Å². The fraction of sp³-hybridized carbons (Fsp3) is 0.538. The van der Waals surface area contributed by atoms with Gasteiger partial charge in [-0.25, -0.2) is 0 Å². The standard InChI is InChI=1S/C52H62N6O6.2ClH/c59-49-37-15-13-35-46-42(56-23-11-4-12-24-56)34-40-44-38(50(60)58(52(40)62)28-32-64-30-26-54-19-7-2-8-20-54)16-14-36(48(44)46)45-41(55-21-9-3-10-22-55)33-39(43(37)47(35)45)51(61)57(49)27-31-63-29-25-53-17-5-1-6-18-53;;/h13-16,33-34H,1-12,17-32H2;2*1H. The molecule has 0 unspecified atom stereocenters. The van der Waals surface area contributed by atoms with E-state index in [1.807, 2.05) is 24.3 Å². The van der Waals surface area contributed by atoms with Gasteiger partial charge in [-0.05, 0) is 125 Å². The summed E-state index contributed by atoms with van der Waals surface area (Å²) < 4.78 is 12.1. The Kier molecular flexibility index (Phi) is 14.3. The Balaban J connectivity index is 0.00000274. The number of nitrogens with zero attached hydrogens (tertiary/aromatic N) is 6. The molecule has 12 nitrogen and oxygen atoms in total. The molecule has 4 saturated heterocycles. The molecule has 6 heterocycles. The summed E-state index contributed by atoms with van der Waals surface area (Å²) in [6, 6.07) is 12.1. The lowest BCUT2D eigenvalue weighted by molar-refractivity contribution is 0.0479. The lowest BCUT2D eigenvalue weighted by Gasteiger charge is -2.36. The number of likely N-dealkylation sites (tertiary alicyclic amines) is 2. The maximum Gasteiger partial charge on any atom is 0.261 e. The van der Waals surface area contributed by atoms with Crippen LogP contribution >= 0.6 is 24.8 Å². The maximum absolute atomic E-state index is 14.8. The van der Waals surface area contributed by atoms with E-state index in [-0.39, 0.29) is 61.5 Å². The summed E-state index contributed by atoms with van der Waals surface area (Å²) in [5.74, 6) is -1.14. The summed E-state index contributed by atoms with van der Waals surface area (Å²) in [5, 5.41) is 7.10. The zero-order valence-corrected chi connectivity index (χ0v) is 39.8. The molecule has 0 aromatic heterocycles. The van der Waals surface area contributed by atoms with Gasteiger partial charge in [-0.2, -0.15) is 0 Å². The van der Waals surface area contributed by atoms with Crippen molar-refractivity contribution in [3.05, 3.63) is 58.7 Å². The SMILES string of the molecule is Cl.Cl.O=C1c2ccc3c4c(N5CCCCC5)cc5c6c(ccc(c7c(N8CCCCC8)cc(c2c37)C(=O)N1CCOCCN1CCCCC1)c64)C(=O)N(CCOCCN1CCCCC1)C5=O. The fourth-order valence-corrected chi connectivity index (χ4v) is 12.0. The largest absolute Gasteiger partial charge is 0.378 e.